The lowest BCUT2D eigenvalue weighted by Crippen LogP contribution is -2.28. The molecular weight excluding hydrogens is 142 g/mol. The second-order valence-electron chi connectivity index (χ2n) is 2.97. The Balaban J connectivity index is 2.38. The van der Waals surface area contributed by atoms with Crippen LogP contribution in [0.5, 0.6) is 0 Å². The first-order valence-corrected chi connectivity index (χ1v) is 4.04. The molecule has 0 aromatic rings. The largest absolute Gasteiger partial charge is 0.356 e. The van der Waals surface area contributed by atoms with Gasteiger partial charge >= 0.3 is 0 Å². The second kappa shape index (κ2) is 4.11. The summed E-state index contributed by atoms with van der Waals surface area (Å²) in [6, 6.07) is 0.0995. The fraction of sp³-hybridized carbons (Fsp3) is 0.750. The van der Waals surface area contributed by atoms with E-state index in [1.807, 2.05) is 0 Å². The van der Waals surface area contributed by atoms with Crippen LogP contribution in [-0.4, -0.2) is 18.2 Å². The zero-order chi connectivity index (χ0) is 8.10. The molecule has 0 heterocycles. The van der Waals surface area contributed by atoms with E-state index in [9.17, 15) is 9.59 Å². The predicted molar refractivity (Wildman–Crippen MR) is 41.1 cm³/mol. The Hall–Kier alpha value is -0.860. The highest BCUT2D eigenvalue weighted by molar-refractivity contribution is 5.79. The normalized spacial score (nSPS) is 25.8. The maximum atomic E-state index is 11.0. The van der Waals surface area contributed by atoms with Gasteiger partial charge < -0.3 is 5.32 Å². The first-order chi connectivity index (χ1) is 5.33. The van der Waals surface area contributed by atoms with Crippen LogP contribution < -0.4 is 5.32 Å². The lowest BCUT2D eigenvalue weighted by Gasteiger charge is -2.10. The quantitative estimate of drug-likeness (QED) is 0.469. The van der Waals surface area contributed by atoms with Crippen LogP contribution in [0.2, 0.25) is 0 Å². The standard InChI is InChI=1S/C8H13NO2/c10-6-9-7-3-1-2-4-8(11)5-7/h6-7H,1-5H2,(H,9,10). The maximum absolute atomic E-state index is 11.0. The molecular formula is C8H13NO2. The molecule has 1 unspecified atom stereocenters. The average molecular weight is 155 g/mol. The zero-order valence-corrected chi connectivity index (χ0v) is 6.51. The van der Waals surface area contributed by atoms with Crippen LogP contribution in [0.25, 0.3) is 0 Å². The molecule has 1 amide bonds. The van der Waals surface area contributed by atoms with Crippen LogP contribution in [0, 0.1) is 0 Å². The molecule has 1 fully saturated rings. The molecule has 0 spiro atoms. The number of carbonyl (C=O) groups is 2. The van der Waals surface area contributed by atoms with Gasteiger partial charge in [-0.15, -0.1) is 0 Å². The molecule has 62 valence electrons. The van der Waals surface area contributed by atoms with Crippen molar-refractivity contribution in [1.29, 1.82) is 0 Å². The number of hydrogen-bond donors (Lipinski definition) is 1. The van der Waals surface area contributed by atoms with E-state index in [0.717, 1.165) is 19.3 Å². The zero-order valence-electron chi connectivity index (χ0n) is 6.51. The highest BCUT2D eigenvalue weighted by atomic mass is 16.1. The highest BCUT2D eigenvalue weighted by Gasteiger charge is 2.16. The number of amides is 1. The van der Waals surface area contributed by atoms with Gasteiger partial charge in [-0.05, 0) is 12.8 Å². The van der Waals surface area contributed by atoms with Gasteiger partial charge in [0.05, 0.1) is 0 Å². The van der Waals surface area contributed by atoms with Crippen molar-refractivity contribution in [3.8, 4) is 0 Å². The Morgan fingerprint density at radius 1 is 1.45 bits per heavy atom. The number of ketones is 1. The topological polar surface area (TPSA) is 46.2 Å². The average Bonchev–Trinajstić information content (AvgIpc) is 2.15. The van der Waals surface area contributed by atoms with Gasteiger partial charge in [-0.2, -0.15) is 0 Å². The summed E-state index contributed by atoms with van der Waals surface area (Å²) in [6.07, 6.45) is 4.89. The minimum atomic E-state index is 0.0995. The Morgan fingerprint density at radius 3 is 3.00 bits per heavy atom. The molecule has 0 aromatic heterocycles. The van der Waals surface area contributed by atoms with Crippen LogP contribution in [0.15, 0.2) is 0 Å². The predicted octanol–water partition coefficient (Wildman–Crippen LogP) is 0.634. The molecule has 0 saturated heterocycles. The van der Waals surface area contributed by atoms with Crippen LogP contribution in [0.4, 0.5) is 0 Å². The van der Waals surface area contributed by atoms with E-state index in [0.29, 0.717) is 19.3 Å². The summed E-state index contributed by atoms with van der Waals surface area (Å²) in [4.78, 5) is 21.1. The summed E-state index contributed by atoms with van der Waals surface area (Å²) in [5, 5.41) is 2.65. The van der Waals surface area contributed by atoms with E-state index in [1.165, 1.54) is 0 Å². The van der Waals surface area contributed by atoms with Crippen molar-refractivity contribution in [3.05, 3.63) is 0 Å². The minimum absolute atomic E-state index is 0.0995. The molecule has 1 N–H and O–H groups in total. The lowest BCUT2D eigenvalue weighted by molar-refractivity contribution is -0.119. The van der Waals surface area contributed by atoms with Crippen molar-refractivity contribution >= 4 is 12.2 Å². The number of carbonyl (C=O) groups excluding carboxylic acids is 2. The van der Waals surface area contributed by atoms with Gasteiger partial charge in [0, 0.05) is 18.9 Å². The summed E-state index contributed by atoms with van der Waals surface area (Å²) in [6.45, 7) is 0. The van der Waals surface area contributed by atoms with Crippen molar-refractivity contribution in [2.75, 3.05) is 0 Å². The van der Waals surface area contributed by atoms with Gasteiger partial charge in [-0.3, -0.25) is 9.59 Å². The van der Waals surface area contributed by atoms with Crippen LogP contribution >= 0.6 is 0 Å². The number of nitrogens with one attached hydrogen (secondary N) is 1. The van der Waals surface area contributed by atoms with Crippen LogP contribution in [0.1, 0.15) is 32.1 Å². The van der Waals surface area contributed by atoms with Gasteiger partial charge in [0.1, 0.15) is 5.78 Å². The summed E-state index contributed by atoms with van der Waals surface area (Å²) < 4.78 is 0. The Labute approximate surface area is 66.2 Å². The van der Waals surface area contributed by atoms with E-state index in [-0.39, 0.29) is 11.8 Å². The summed E-state index contributed by atoms with van der Waals surface area (Å²) >= 11 is 0. The molecule has 1 rings (SSSR count). The molecule has 0 bridgehead atoms. The summed E-state index contributed by atoms with van der Waals surface area (Å²) in [5.74, 6) is 0.279. The summed E-state index contributed by atoms with van der Waals surface area (Å²) in [5.41, 5.74) is 0. The molecule has 0 aliphatic heterocycles. The minimum Gasteiger partial charge on any atom is -0.356 e. The van der Waals surface area contributed by atoms with E-state index in [1.54, 1.807) is 0 Å². The number of Topliss-reactive ketones (excluding diaryl/α,β-unsaturated/α-hetero) is 1. The Kier molecular flexibility index (Phi) is 3.08. The van der Waals surface area contributed by atoms with Gasteiger partial charge in [-0.1, -0.05) is 6.42 Å². The van der Waals surface area contributed by atoms with Crippen molar-refractivity contribution in [3.63, 3.8) is 0 Å². The number of rotatable bonds is 2. The van der Waals surface area contributed by atoms with Gasteiger partial charge in [0.15, 0.2) is 0 Å². The third-order valence-corrected chi connectivity index (χ3v) is 2.04. The first-order valence-electron chi connectivity index (χ1n) is 4.04. The molecule has 11 heavy (non-hydrogen) atoms. The molecule has 1 aliphatic rings. The smallest absolute Gasteiger partial charge is 0.207 e. The maximum Gasteiger partial charge on any atom is 0.207 e. The van der Waals surface area contributed by atoms with Crippen LogP contribution in [-0.2, 0) is 9.59 Å². The molecule has 1 atom stereocenters. The Morgan fingerprint density at radius 2 is 2.27 bits per heavy atom. The molecule has 3 nitrogen and oxygen atoms in total. The molecule has 0 radical (unpaired) electrons. The summed E-state index contributed by atoms with van der Waals surface area (Å²) in [7, 11) is 0. The number of hydrogen-bond acceptors (Lipinski definition) is 2. The fourth-order valence-electron chi connectivity index (χ4n) is 1.43. The van der Waals surface area contributed by atoms with Crippen molar-refractivity contribution in [1.82, 2.24) is 5.32 Å². The lowest BCUT2D eigenvalue weighted by atomic mass is 10.1. The van der Waals surface area contributed by atoms with Gasteiger partial charge in [0.25, 0.3) is 0 Å². The third-order valence-electron chi connectivity index (χ3n) is 2.04. The van der Waals surface area contributed by atoms with Gasteiger partial charge in [-0.25, -0.2) is 0 Å². The van der Waals surface area contributed by atoms with E-state index < -0.39 is 0 Å². The third kappa shape index (κ3) is 2.70. The highest BCUT2D eigenvalue weighted by Crippen LogP contribution is 2.13. The molecule has 1 aliphatic carbocycles. The second-order valence-corrected chi connectivity index (χ2v) is 2.97. The van der Waals surface area contributed by atoms with Crippen molar-refractivity contribution in [2.45, 2.75) is 38.1 Å². The van der Waals surface area contributed by atoms with E-state index >= 15 is 0 Å². The van der Waals surface area contributed by atoms with Gasteiger partial charge in [0.2, 0.25) is 6.41 Å². The fourth-order valence-corrected chi connectivity index (χ4v) is 1.43. The SMILES string of the molecule is O=CNC1CCCCC(=O)C1. The molecule has 0 aromatic carbocycles. The van der Waals surface area contributed by atoms with E-state index in [4.69, 9.17) is 0 Å². The molecule has 3 heteroatoms. The van der Waals surface area contributed by atoms with Crippen molar-refractivity contribution < 1.29 is 9.59 Å². The monoisotopic (exact) mass is 155 g/mol. The Bertz CT molecular complexity index is 156. The van der Waals surface area contributed by atoms with Crippen LogP contribution in [0.3, 0.4) is 0 Å². The van der Waals surface area contributed by atoms with Crippen molar-refractivity contribution in [2.24, 2.45) is 0 Å². The first kappa shape index (κ1) is 8.24. The van der Waals surface area contributed by atoms with E-state index in [2.05, 4.69) is 5.32 Å². The molecule has 1 saturated carbocycles.